The summed E-state index contributed by atoms with van der Waals surface area (Å²) in [4.78, 5) is 11.6. The van der Waals surface area contributed by atoms with E-state index in [9.17, 15) is 18.0 Å². The molecule has 0 aliphatic rings. The Morgan fingerprint density at radius 1 is 1.24 bits per heavy atom. The van der Waals surface area contributed by atoms with Crippen molar-refractivity contribution in [3.8, 4) is 0 Å². The average molecular weight is 313 g/mol. The molecule has 0 bridgehead atoms. The van der Waals surface area contributed by atoms with E-state index in [4.69, 9.17) is 0 Å². The quantitative estimate of drug-likeness (QED) is 0.882. The summed E-state index contributed by atoms with van der Waals surface area (Å²) in [6.07, 6.45) is -1.72. The molecular weight excluding hydrogens is 303 g/mol. The summed E-state index contributed by atoms with van der Waals surface area (Å²) in [5, 5.41) is 11.1. The average Bonchev–Trinajstić information content (AvgIpc) is 2.81. The van der Waals surface area contributed by atoms with Crippen LogP contribution in [0.25, 0.3) is 6.08 Å². The number of aryl methyl sites for hydroxylation is 1. The van der Waals surface area contributed by atoms with Gasteiger partial charge < -0.3 is 0 Å². The third-order valence-corrected chi connectivity index (χ3v) is 3.18. The highest BCUT2D eigenvalue weighted by Crippen LogP contribution is 2.29. The Balaban J connectivity index is 1.99. The SMILES string of the molecule is Cc1nnc(NC(=O)/C=C/c2ccc(C(F)(F)F)cc2)s1. The van der Waals surface area contributed by atoms with Gasteiger partial charge in [0.1, 0.15) is 5.01 Å². The molecule has 0 saturated heterocycles. The van der Waals surface area contributed by atoms with Gasteiger partial charge in [0, 0.05) is 6.08 Å². The Kier molecular flexibility index (Phi) is 4.37. The number of amides is 1. The van der Waals surface area contributed by atoms with Crippen LogP contribution in [0.2, 0.25) is 0 Å². The fourth-order valence-corrected chi connectivity index (χ4v) is 2.04. The summed E-state index contributed by atoms with van der Waals surface area (Å²) >= 11 is 1.23. The topological polar surface area (TPSA) is 54.9 Å². The van der Waals surface area contributed by atoms with Crippen molar-refractivity contribution in [2.45, 2.75) is 13.1 Å². The summed E-state index contributed by atoms with van der Waals surface area (Å²) in [7, 11) is 0. The van der Waals surface area contributed by atoms with Crippen LogP contribution in [0.5, 0.6) is 0 Å². The third-order valence-electron chi connectivity index (χ3n) is 2.42. The number of anilines is 1. The van der Waals surface area contributed by atoms with Gasteiger partial charge in [0.15, 0.2) is 0 Å². The molecule has 1 heterocycles. The zero-order chi connectivity index (χ0) is 15.5. The maximum Gasteiger partial charge on any atom is 0.416 e. The summed E-state index contributed by atoms with van der Waals surface area (Å²) in [5.41, 5.74) is -0.236. The molecule has 0 saturated carbocycles. The van der Waals surface area contributed by atoms with Crippen molar-refractivity contribution >= 4 is 28.5 Å². The van der Waals surface area contributed by atoms with Crippen LogP contribution in [0.3, 0.4) is 0 Å². The molecule has 4 nitrogen and oxygen atoms in total. The smallest absolute Gasteiger partial charge is 0.297 e. The second-order valence-corrected chi connectivity index (χ2v) is 5.25. The lowest BCUT2D eigenvalue weighted by molar-refractivity contribution is -0.137. The van der Waals surface area contributed by atoms with Gasteiger partial charge in [0.2, 0.25) is 11.0 Å². The first kappa shape index (κ1) is 15.2. The van der Waals surface area contributed by atoms with Crippen molar-refractivity contribution in [3.05, 3.63) is 46.5 Å². The van der Waals surface area contributed by atoms with E-state index in [1.807, 2.05) is 0 Å². The number of aromatic nitrogens is 2. The highest BCUT2D eigenvalue weighted by Gasteiger charge is 2.29. The molecule has 0 spiro atoms. The summed E-state index contributed by atoms with van der Waals surface area (Å²) < 4.78 is 37.2. The van der Waals surface area contributed by atoms with Crippen molar-refractivity contribution in [2.24, 2.45) is 0 Å². The van der Waals surface area contributed by atoms with Crippen molar-refractivity contribution < 1.29 is 18.0 Å². The first-order chi connectivity index (χ1) is 9.84. The van der Waals surface area contributed by atoms with E-state index in [0.29, 0.717) is 10.7 Å². The molecule has 0 radical (unpaired) electrons. The molecule has 2 aromatic rings. The standard InChI is InChI=1S/C13H10F3N3OS/c1-8-18-19-12(21-8)17-11(20)7-4-9-2-5-10(6-3-9)13(14,15)16/h2-7H,1H3,(H,17,19,20)/b7-4+. The fraction of sp³-hybridized carbons (Fsp3) is 0.154. The molecule has 0 atom stereocenters. The number of hydrogen-bond acceptors (Lipinski definition) is 4. The largest absolute Gasteiger partial charge is 0.416 e. The van der Waals surface area contributed by atoms with Crippen LogP contribution in [0, 0.1) is 6.92 Å². The summed E-state index contributed by atoms with van der Waals surface area (Å²) in [6.45, 7) is 1.76. The Bertz CT molecular complexity index is 662. The number of benzene rings is 1. The molecule has 2 rings (SSSR count). The first-order valence-electron chi connectivity index (χ1n) is 5.81. The maximum absolute atomic E-state index is 12.4. The lowest BCUT2D eigenvalue weighted by Crippen LogP contribution is -2.07. The molecule has 0 aliphatic heterocycles. The number of alkyl halides is 3. The van der Waals surface area contributed by atoms with Crippen LogP contribution in [-0.4, -0.2) is 16.1 Å². The van der Waals surface area contributed by atoms with Gasteiger partial charge in [0.25, 0.3) is 0 Å². The maximum atomic E-state index is 12.4. The monoisotopic (exact) mass is 313 g/mol. The first-order valence-corrected chi connectivity index (χ1v) is 6.63. The van der Waals surface area contributed by atoms with E-state index >= 15 is 0 Å². The molecule has 21 heavy (non-hydrogen) atoms. The molecular formula is C13H10F3N3OS. The van der Waals surface area contributed by atoms with Crippen LogP contribution >= 0.6 is 11.3 Å². The van der Waals surface area contributed by atoms with E-state index in [-0.39, 0.29) is 0 Å². The van der Waals surface area contributed by atoms with Gasteiger partial charge in [-0.25, -0.2) is 0 Å². The van der Waals surface area contributed by atoms with Crippen LogP contribution in [0.1, 0.15) is 16.1 Å². The Morgan fingerprint density at radius 2 is 1.90 bits per heavy atom. The fourth-order valence-electron chi connectivity index (χ4n) is 1.45. The second-order valence-electron chi connectivity index (χ2n) is 4.07. The van der Waals surface area contributed by atoms with Crippen molar-refractivity contribution in [1.29, 1.82) is 0 Å². The molecule has 1 amide bonds. The number of carbonyl (C=O) groups is 1. The highest BCUT2D eigenvalue weighted by molar-refractivity contribution is 7.15. The second kappa shape index (κ2) is 6.04. The normalized spacial score (nSPS) is 11.8. The molecule has 0 fully saturated rings. The van der Waals surface area contributed by atoms with Gasteiger partial charge in [-0.2, -0.15) is 13.2 Å². The highest BCUT2D eigenvalue weighted by atomic mass is 32.1. The molecule has 0 aliphatic carbocycles. The predicted octanol–water partition coefficient (Wildman–Crippen LogP) is 3.52. The van der Waals surface area contributed by atoms with Gasteiger partial charge in [-0.1, -0.05) is 23.5 Å². The van der Waals surface area contributed by atoms with Crippen LogP contribution in [0.15, 0.2) is 30.3 Å². The zero-order valence-corrected chi connectivity index (χ0v) is 11.6. The summed E-state index contributed by atoms with van der Waals surface area (Å²) in [6, 6.07) is 4.51. The Morgan fingerprint density at radius 3 is 2.43 bits per heavy atom. The van der Waals surface area contributed by atoms with Gasteiger partial charge in [0.05, 0.1) is 5.56 Å². The van der Waals surface area contributed by atoms with Gasteiger partial charge in [-0.15, -0.1) is 10.2 Å². The minimum Gasteiger partial charge on any atom is -0.297 e. The minimum atomic E-state index is -4.37. The van der Waals surface area contributed by atoms with Crippen molar-refractivity contribution in [2.75, 3.05) is 5.32 Å². The molecule has 1 N–H and O–H groups in total. The Hall–Kier alpha value is -2.22. The number of carbonyl (C=O) groups excluding carboxylic acids is 1. The van der Waals surface area contributed by atoms with Crippen molar-refractivity contribution in [3.63, 3.8) is 0 Å². The number of nitrogens with one attached hydrogen (secondary N) is 1. The molecule has 1 aromatic heterocycles. The third kappa shape index (κ3) is 4.38. The molecule has 1 aromatic carbocycles. The summed E-state index contributed by atoms with van der Waals surface area (Å²) in [5.74, 6) is -0.425. The van der Waals surface area contributed by atoms with E-state index < -0.39 is 17.6 Å². The Labute approximate surface area is 122 Å². The lowest BCUT2D eigenvalue weighted by Gasteiger charge is -2.05. The molecule has 0 unspecified atom stereocenters. The van der Waals surface area contributed by atoms with E-state index in [2.05, 4.69) is 15.5 Å². The number of nitrogens with zero attached hydrogens (tertiary/aromatic N) is 2. The van der Waals surface area contributed by atoms with Crippen LogP contribution < -0.4 is 5.32 Å². The van der Waals surface area contributed by atoms with Crippen LogP contribution in [0.4, 0.5) is 18.3 Å². The van der Waals surface area contributed by atoms with Crippen LogP contribution in [-0.2, 0) is 11.0 Å². The van der Waals surface area contributed by atoms with Gasteiger partial charge in [-0.05, 0) is 30.7 Å². The number of rotatable bonds is 3. The van der Waals surface area contributed by atoms with E-state index in [1.165, 1.54) is 35.6 Å². The predicted molar refractivity (Wildman–Crippen MR) is 73.8 cm³/mol. The van der Waals surface area contributed by atoms with Crippen molar-refractivity contribution in [1.82, 2.24) is 10.2 Å². The van der Waals surface area contributed by atoms with Gasteiger partial charge in [-0.3, -0.25) is 10.1 Å². The zero-order valence-electron chi connectivity index (χ0n) is 10.8. The van der Waals surface area contributed by atoms with E-state index in [0.717, 1.165) is 17.1 Å². The van der Waals surface area contributed by atoms with E-state index in [1.54, 1.807) is 6.92 Å². The molecule has 110 valence electrons. The minimum absolute atomic E-state index is 0.370. The lowest BCUT2D eigenvalue weighted by atomic mass is 10.1. The van der Waals surface area contributed by atoms with Gasteiger partial charge >= 0.3 is 6.18 Å². The number of hydrogen-bond donors (Lipinski definition) is 1. The number of halogens is 3. The molecule has 8 heteroatoms.